The van der Waals surface area contributed by atoms with Crippen molar-refractivity contribution >= 4 is 5.78 Å². The standard InChI is InChI=1S/C24H29NO2/c26-21-15-16-25(17-21)23-13-7-8-14-24(23)27-18-22(19-9-3-1-4-10-19)20-11-5-2-6-12-20/h1-6,9-12,22-24H,7-8,13-18H2/t23-,24-/m1/s1. The van der Waals surface area contributed by atoms with E-state index in [4.69, 9.17) is 4.74 Å². The van der Waals surface area contributed by atoms with Gasteiger partial charge in [-0.05, 0) is 24.0 Å². The molecule has 2 fully saturated rings. The van der Waals surface area contributed by atoms with E-state index in [1.54, 1.807) is 0 Å². The zero-order valence-electron chi connectivity index (χ0n) is 15.9. The van der Waals surface area contributed by atoms with Gasteiger partial charge < -0.3 is 4.74 Å². The molecular formula is C24H29NO2. The van der Waals surface area contributed by atoms with Gasteiger partial charge in [0.1, 0.15) is 5.78 Å². The van der Waals surface area contributed by atoms with E-state index in [0.29, 0.717) is 31.4 Å². The Morgan fingerprint density at radius 1 is 0.926 bits per heavy atom. The van der Waals surface area contributed by atoms with Crippen LogP contribution in [0.5, 0.6) is 0 Å². The Kier molecular flexibility index (Phi) is 6.00. The van der Waals surface area contributed by atoms with Crippen LogP contribution in [0.1, 0.15) is 49.1 Å². The Morgan fingerprint density at radius 2 is 1.56 bits per heavy atom. The molecule has 1 heterocycles. The summed E-state index contributed by atoms with van der Waals surface area (Å²) in [5, 5.41) is 0. The fourth-order valence-corrected chi connectivity index (χ4v) is 4.60. The van der Waals surface area contributed by atoms with E-state index < -0.39 is 0 Å². The highest BCUT2D eigenvalue weighted by Gasteiger charge is 2.35. The Balaban J connectivity index is 1.48. The van der Waals surface area contributed by atoms with Crippen LogP contribution in [0.2, 0.25) is 0 Å². The molecule has 1 saturated carbocycles. The van der Waals surface area contributed by atoms with Crippen molar-refractivity contribution in [3.8, 4) is 0 Å². The molecule has 2 aliphatic rings. The number of ketones is 1. The normalized spacial score (nSPS) is 23.8. The first-order valence-corrected chi connectivity index (χ1v) is 10.3. The zero-order valence-corrected chi connectivity index (χ0v) is 15.9. The predicted molar refractivity (Wildman–Crippen MR) is 108 cm³/mol. The van der Waals surface area contributed by atoms with Gasteiger partial charge >= 0.3 is 0 Å². The second kappa shape index (κ2) is 8.81. The van der Waals surface area contributed by atoms with Gasteiger partial charge in [-0.2, -0.15) is 0 Å². The maximum atomic E-state index is 11.8. The summed E-state index contributed by atoms with van der Waals surface area (Å²) in [5.41, 5.74) is 2.60. The van der Waals surface area contributed by atoms with Crippen LogP contribution in [0.4, 0.5) is 0 Å². The third kappa shape index (κ3) is 4.48. The average molecular weight is 364 g/mol. The molecule has 1 saturated heterocycles. The molecule has 27 heavy (non-hydrogen) atoms. The molecule has 4 rings (SSSR count). The Hall–Kier alpha value is -1.97. The number of ether oxygens (including phenoxy) is 1. The van der Waals surface area contributed by atoms with Gasteiger partial charge in [0.15, 0.2) is 0 Å². The molecule has 3 nitrogen and oxygen atoms in total. The lowest BCUT2D eigenvalue weighted by molar-refractivity contribution is -0.117. The molecule has 2 atom stereocenters. The van der Waals surface area contributed by atoms with E-state index in [1.165, 1.54) is 24.0 Å². The van der Waals surface area contributed by atoms with Crippen LogP contribution < -0.4 is 0 Å². The molecule has 0 radical (unpaired) electrons. The summed E-state index contributed by atoms with van der Waals surface area (Å²) in [5.74, 6) is 0.626. The first-order chi connectivity index (χ1) is 13.3. The van der Waals surface area contributed by atoms with Crippen LogP contribution in [0.15, 0.2) is 60.7 Å². The van der Waals surface area contributed by atoms with Gasteiger partial charge in [0.05, 0.1) is 19.3 Å². The molecule has 0 amide bonds. The van der Waals surface area contributed by atoms with Crippen molar-refractivity contribution in [2.24, 2.45) is 0 Å². The van der Waals surface area contributed by atoms with E-state index in [9.17, 15) is 4.79 Å². The lowest BCUT2D eigenvalue weighted by Gasteiger charge is -2.38. The first kappa shape index (κ1) is 18.4. The highest BCUT2D eigenvalue weighted by molar-refractivity contribution is 5.82. The van der Waals surface area contributed by atoms with E-state index in [-0.39, 0.29) is 12.0 Å². The third-order valence-corrected chi connectivity index (χ3v) is 6.07. The largest absolute Gasteiger partial charge is 0.376 e. The fourth-order valence-electron chi connectivity index (χ4n) is 4.60. The molecule has 2 aromatic carbocycles. The summed E-state index contributed by atoms with van der Waals surface area (Å²) in [4.78, 5) is 14.1. The van der Waals surface area contributed by atoms with Gasteiger partial charge in [-0.1, -0.05) is 73.5 Å². The van der Waals surface area contributed by atoms with Crippen molar-refractivity contribution in [1.82, 2.24) is 4.90 Å². The fraction of sp³-hybridized carbons (Fsp3) is 0.458. The molecule has 0 spiro atoms. The quantitative estimate of drug-likeness (QED) is 0.761. The van der Waals surface area contributed by atoms with E-state index in [0.717, 1.165) is 19.4 Å². The summed E-state index contributed by atoms with van der Waals surface area (Å²) in [6.45, 7) is 2.21. The number of hydrogen-bond acceptors (Lipinski definition) is 3. The second-order valence-corrected chi connectivity index (χ2v) is 7.86. The smallest absolute Gasteiger partial charge is 0.148 e. The number of nitrogens with zero attached hydrogens (tertiary/aromatic N) is 1. The third-order valence-electron chi connectivity index (χ3n) is 6.07. The van der Waals surface area contributed by atoms with Crippen LogP contribution in [0.3, 0.4) is 0 Å². The van der Waals surface area contributed by atoms with Crippen molar-refractivity contribution in [3.63, 3.8) is 0 Å². The van der Waals surface area contributed by atoms with Gasteiger partial charge in [0.25, 0.3) is 0 Å². The number of carbonyl (C=O) groups is 1. The summed E-state index contributed by atoms with van der Waals surface area (Å²) >= 11 is 0. The van der Waals surface area contributed by atoms with E-state index in [1.807, 2.05) is 0 Å². The molecule has 0 unspecified atom stereocenters. The van der Waals surface area contributed by atoms with Gasteiger partial charge in [-0.15, -0.1) is 0 Å². The van der Waals surface area contributed by atoms with Crippen LogP contribution in [0.25, 0.3) is 0 Å². The number of likely N-dealkylation sites (tertiary alicyclic amines) is 1. The predicted octanol–water partition coefficient (Wildman–Crippen LogP) is 4.42. The summed E-state index contributed by atoms with van der Waals surface area (Å²) in [6, 6.07) is 21.7. The number of Topliss-reactive ketones (excluding diaryl/α,β-unsaturated/α-hetero) is 1. The van der Waals surface area contributed by atoms with Crippen LogP contribution in [-0.2, 0) is 9.53 Å². The lowest BCUT2D eigenvalue weighted by Crippen LogP contribution is -2.46. The Morgan fingerprint density at radius 3 is 2.15 bits per heavy atom. The second-order valence-electron chi connectivity index (χ2n) is 7.86. The molecule has 1 aliphatic carbocycles. The average Bonchev–Trinajstić information content (AvgIpc) is 3.16. The highest BCUT2D eigenvalue weighted by atomic mass is 16.5. The van der Waals surface area contributed by atoms with Crippen molar-refractivity contribution in [2.75, 3.05) is 19.7 Å². The highest BCUT2D eigenvalue weighted by Crippen LogP contribution is 2.31. The van der Waals surface area contributed by atoms with Gasteiger partial charge in [-0.25, -0.2) is 0 Å². The molecule has 1 aliphatic heterocycles. The molecular weight excluding hydrogens is 334 g/mol. The number of rotatable bonds is 6. The van der Waals surface area contributed by atoms with Crippen LogP contribution >= 0.6 is 0 Å². The zero-order chi connectivity index (χ0) is 18.5. The molecule has 2 aromatic rings. The first-order valence-electron chi connectivity index (χ1n) is 10.3. The summed E-state index contributed by atoms with van der Waals surface area (Å²) in [7, 11) is 0. The summed E-state index contributed by atoms with van der Waals surface area (Å²) in [6.07, 6.45) is 5.67. The molecule has 0 aromatic heterocycles. The van der Waals surface area contributed by atoms with Crippen molar-refractivity contribution in [3.05, 3.63) is 71.8 Å². The number of carbonyl (C=O) groups excluding carboxylic acids is 1. The van der Waals surface area contributed by atoms with Crippen LogP contribution in [0, 0.1) is 0 Å². The minimum Gasteiger partial charge on any atom is -0.376 e. The number of hydrogen-bond donors (Lipinski definition) is 0. The van der Waals surface area contributed by atoms with E-state index in [2.05, 4.69) is 65.6 Å². The summed E-state index contributed by atoms with van der Waals surface area (Å²) < 4.78 is 6.56. The molecule has 0 N–H and O–H groups in total. The topological polar surface area (TPSA) is 29.5 Å². The minimum atomic E-state index is 0.236. The van der Waals surface area contributed by atoms with Crippen molar-refractivity contribution in [2.45, 2.75) is 50.2 Å². The maximum absolute atomic E-state index is 11.8. The lowest BCUT2D eigenvalue weighted by atomic mass is 9.90. The number of benzene rings is 2. The van der Waals surface area contributed by atoms with Gasteiger partial charge in [-0.3, -0.25) is 9.69 Å². The molecule has 142 valence electrons. The monoisotopic (exact) mass is 363 g/mol. The molecule has 3 heteroatoms. The van der Waals surface area contributed by atoms with Gasteiger partial charge in [0.2, 0.25) is 0 Å². The maximum Gasteiger partial charge on any atom is 0.148 e. The molecule has 0 bridgehead atoms. The Bertz CT molecular complexity index is 691. The van der Waals surface area contributed by atoms with Crippen LogP contribution in [-0.4, -0.2) is 42.5 Å². The van der Waals surface area contributed by atoms with E-state index >= 15 is 0 Å². The van der Waals surface area contributed by atoms with Crippen molar-refractivity contribution in [1.29, 1.82) is 0 Å². The minimum absolute atomic E-state index is 0.236. The SMILES string of the molecule is O=C1CCN([C@@H]2CCCC[C@H]2OCC(c2ccccc2)c2ccccc2)C1. The van der Waals surface area contributed by atoms with Gasteiger partial charge in [0, 0.05) is 24.9 Å². The Labute approximate surface area is 162 Å². The van der Waals surface area contributed by atoms with Crippen molar-refractivity contribution < 1.29 is 9.53 Å².